The van der Waals surface area contributed by atoms with Crippen molar-refractivity contribution in [2.24, 2.45) is 4.99 Å². The van der Waals surface area contributed by atoms with E-state index in [1.807, 2.05) is 7.05 Å². The smallest absolute Gasteiger partial charge is 0.191 e. The molecule has 0 radical (unpaired) electrons. The van der Waals surface area contributed by atoms with Gasteiger partial charge in [-0.25, -0.2) is 0 Å². The van der Waals surface area contributed by atoms with Crippen molar-refractivity contribution in [3.05, 3.63) is 0 Å². The summed E-state index contributed by atoms with van der Waals surface area (Å²) in [6.45, 7) is 2.21. The van der Waals surface area contributed by atoms with Crippen LogP contribution in [-0.4, -0.2) is 50.1 Å². The van der Waals surface area contributed by atoms with E-state index in [9.17, 15) is 0 Å². The molecule has 0 spiro atoms. The number of aliphatic imine (C=N–C) groups is 1. The Morgan fingerprint density at radius 2 is 1.71 bits per heavy atom. The van der Waals surface area contributed by atoms with Crippen molar-refractivity contribution in [2.75, 3.05) is 27.2 Å². The molecule has 4 nitrogen and oxygen atoms in total. The minimum absolute atomic E-state index is 0.640. The van der Waals surface area contributed by atoms with Crippen LogP contribution in [0.25, 0.3) is 0 Å². The third-order valence-electron chi connectivity index (χ3n) is 5.10. The van der Waals surface area contributed by atoms with Crippen LogP contribution in [0.2, 0.25) is 0 Å². The van der Waals surface area contributed by atoms with Crippen molar-refractivity contribution in [1.29, 1.82) is 0 Å². The fourth-order valence-electron chi connectivity index (χ4n) is 3.70. The molecule has 0 saturated heterocycles. The molecule has 2 rings (SSSR count). The number of rotatable bonds is 6. The third kappa shape index (κ3) is 5.85. The minimum atomic E-state index is 0.640. The topological polar surface area (TPSA) is 39.7 Å². The second-order valence-corrected chi connectivity index (χ2v) is 6.75. The monoisotopic (exact) mass is 294 g/mol. The van der Waals surface area contributed by atoms with Crippen LogP contribution in [0.5, 0.6) is 0 Å². The van der Waals surface area contributed by atoms with Crippen LogP contribution in [0, 0.1) is 0 Å². The van der Waals surface area contributed by atoms with Gasteiger partial charge in [0, 0.05) is 25.7 Å². The molecule has 2 fully saturated rings. The summed E-state index contributed by atoms with van der Waals surface area (Å²) in [4.78, 5) is 6.90. The first-order chi connectivity index (χ1) is 10.3. The molecular weight excluding hydrogens is 260 g/mol. The molecule has 0 aliphatic heterocycles. The Balaban J connectivity index is 1.57. The van der Waals surface area contributed by atoms with Crippen LogP contribution in [0.3, 0.4) is 0 Å². The highest BCUT2D eigenvalue weighted by atomic mass is 15.2. The molecule has 0 heterocycles. The molecule has 0 amide bonds. The van der Waals surface area contributed by atoms with E-state index < -0.39 is 0 Å². The standard InChI is InChI=1S/C17H34N4/c1-18-17(20-15-9-6-7-10-15)19-13-8-14-21(2)16-11-4-3-5-12-16/h15-16H,3-14H2,1-2H3,(H2,18,19,20). The lowest BCUT2D eigenvalue weighted by Gasteiger charge is -2.31. The van der Waals surface area contributed by atoms with Gasteiger partial charge >= 0.3 is 0 Å². The predicted molar refractivity (Wildman–Crippen MR) is 90.9 cm³/mol. The van der Waals surface area contributed by atoms with Crippen molar-refractivity contribution < 1.29 is 0 Å². The van der Waals surface area contributed by atoms with Crippen molar-refractivity contribution in [3.8, 4) is 0 Å². The maximum absolute atomic E-state index is 4.34. The fraction of sp³-hybridized carbons (Fsp3) is 0.941. The summed E-state index contributed by atoms with van der Waals surface area (Å²) < 4.78 is 0. The van der Waals surface area contributed by atoms with E-state index in [4.69, 9.17) is 0 Å². The third-order valence-corrected chi connectivity index (χ3v) is 5.10. The Labute approximate surface area is 130 Å². The number of guanidine groups is 1. The Morgan fingerprint density at radius 3 is 2.38 bits per heavy atom. The van der Waals surface area contributed by atoms with Crippen LogP contribution in [0.15, 0.2) is 4.99 Å². The van der Waals surface area contributed by atoms with E-state index in [1.165, 1.54) is 70.8 Å². The summed E-state index contributed by atoms with van der Waals surface area (Å²) in [5.74, 6) is 0.988. The molecule has 0 unspecified atom stereocenters. The van der Waals surface area contributed by atoms with Gasteiger partial charge in [-0.3, -0.25) is 4.99 Å². The van der Waals surface area contributed by atoms with E-state index in [1.54, 1.807) is 0 Å². The zero-order valence-corrected chi connectivity index (χ0v) is 14.0. The average molecular weight is 294 g/mol. The normalized spacial score (nSPS) is 22.0. The molecule has 0 bridgehead atoms. The van der Waals surface area contributed by atoms with Crippen LogP contribution in [0.4, 0.5) is 0 Å². The summed E-state index contributed by atoms with van der Waals surface area (Å²) >= 11 is 0. The number of nitrogens with zero attached hydrogens (tertiary/aromatic N) is 2. The Hall–Kier alpha value is -0.770. The van der Waals surface area contributed by atoms with Gasteiger partial charge in [0.2, 0.25) is 0 Å². The van der Waals surface area contributed by atoms with Gasteiger partial charge in [-0.2, -0.15) is 0 Å². The van der Waals surface area contributed by atoms with Gasteiger partial charge in [-0.05, 0) is 45.7 Å². The molecule has 0 atom stereocenters. The quantitative estimate of drug-likeness (QED) is 0.449. The van der Waals surface area contributed by atoms with Crippen molar-refractivity contribution in [2.45, 2.75) is 76.3 Å². The summed E-state index contributed by atoms with van der Waals surface area (Å²) in [5.41, 5.74) is 0. The molecule has 21 heavy (non-hydrogen) atoms. The summed E-state index contributed by atoms with van der Waals surface area (Å²) in [5, 5.41) is 7.01. The Bertz CT molecular complexity index is 304. The molecule has 2 aliphatic carbocycles. The van der Waals surface area contributed by atoms with Gasteiger partial charge in [0.15, 0.2) is 5.96 Å². The van der Waals surface area contributed by atoms with Gasteiger partial charge in [-0.1, -0.05) is 32.1 Å². The van der Waals surface area contributed by atoms with Gasteiger partial charge in [0.25, 0.3) is 0 Å². The largest absolute Gasteiger partial charge is 0.356 e. The number of nitrogens with one attached hydrogen (secondary N) is 2. The van der Waals surface area contributed by atoms with E-state index in [-0.39, 0.29) is 0 Å². The lowest BCUT2D eigenvalue weighted by molar-refractivity contribution is 0.190. The molecule has 2 saturated carbocycles. The minimum Gasteiger partial charge on any atom is -0.356 e. The van der Waals surface area contributed by atoms with Gasteiger partial charge in [-0.15, -0.1) is 0 Å². The van der Waals surface area contributed by atoms with Crippen LogP contribution in [-0.2, 0) is 0 Å². The molecule has 0 aromatic rings. The van der Waals surface area contributed by atoms with Gasteiger partial charge in [0.1, 0.15) is 0 Å². The zero-order valence-electron chi connectivity index (χ0n) is 14.0. The second kappa shape index (κ2) is 9.29. The maximum Gasteiger partial charge on any atom is 0.191 e. The Kier molecular flexibility index (Phi) is 7.34. The average Bonchev–Trinajstić information content (AvgIpc) is 3.04. The highest BCUT2D eigenvalue weighted by Gasteiger charge is 2.18. The second-order valence-electron chi connectivity index (χ2n) is 6.75. The van der Waals surface area contributed by atoms with Crippen LogP contribution >= 0.6 is 0 Å². The first-order valence-corrected chi connectivity index (χ1v) is 8.97. The van der Waals surface area contributed by atoms with E-state index >= 15 is 0 Å². The van der Waals surface area contributed by atoms with Crippen LogP contribution < -0.4 is 10.6 Å². The highest BCUT2D eigenvalue weighted by Crippen LogP contribution is 2.21. The molecule has 0 aromatic heterocycles. The zero-order chi connectivity index (χ0) is 14.9. The van der Waals surface area contributed by atoms with Crippen molar-refractivity contribution >= 4 is 5.96 Å². The lowest BCUT2D eigenvalue weighted by Crippen LogP contribution is -2.43. The Morgan fingerprint density at radius 1 is 1.05 bits per heavy atom. The summed E-state index contributed by atoms with van der Waals surface area (Å²) in [6.07, 6.45) is 13.6. The van der Waals surface area contributed by atoms with Crippen molar-refractivity contribution in [3.63, 3.8) is 0 Å². The molecule has 2 aliphatic rings. The molecule has 0 aromatic carbocycles. The lowest BCUT2D eigenvalue weighted by atomic mass is 9.94. The molecule has 4 heteroatoms. The van der Waals surface area contributed by atoms with Gasteiger partial charge in [0.05, 0.1) is 0 Å². The fourth-order valence-corrected chi connectivity index (χ4v) is 3.70. The number of hydrogen-bond donors (Lipinski definition) is 2. The number of hydrogen-bond acceptors (Lipinski definition) is 2. The maximum atomic E-state index is 4.34. The highest BCUT2D eigenvalue weighted by molar-refractivity contribution is 5.79. The first kappa shape index (κ1) is 16.6. The van der Waals surface area contributed by atoms with Gasteiger partial charge < -0.3 is 15.5 Å². The SMILES string of the molecule is CN=C(NCCCN(C)C1CCCCC1)NC1CCCC1. The summed E-state index contributed by atoms with van der Waals surface area (Å²) in [7, 11) is 4.17. The first-order valence-electron chi connectivity index (χ1n) is 8.97. The molecular formula is C17H34N4. The van der Waals surface area contributed by atoms with Crippen LogP contribution in [0.1, 0.15) is 64.2 Å². The summed E-state index contributed by atoms with van der Waals surface area (Å²) in [6, 6.07) is 1.47. The van der Waals surface area contributed by atoms with E-state index in [0.717, 1.165) is 18.5 Å². The van der Waals surface area contributed by atoms with E-state index in [2.05, 4.69) is 27.6 Å². The predicted octanol–water partition coefficient (Wildman–Crippen LogP) is 2.75. The van der Waals surface area contributed by atoms with Crippen molar-refractivity contribution in [1.82, 2.24) is 15.5 Å². The van der Waals surface area contributed by atoms with E-state index in [0.29, 0.717) is 6.04 Å². The molecule has 122 valence electrons. The molecule has 2 N–H and O–H groups in total.